The Labute approximate surface area is 168 Å². The molecule has 0 bridgehead atoms. The molecule has 1 aliphatic rings. The average molecular weight is 383 g/mol. The molecule has 0 nitrogen and oxygen atoms in total. The maximum absolute atomic E-state index is 14.2. The zero-order chi connectivity index (χ0) is 19.9. The number of benzene rings is 1. The fourth-order valence-electron chi connectivity index (χ4n) is 3.64. The van der Waals surface area contributed by atoms with E-state index in [1.165, 1.54) is 22.3 Å². The second-order valence-electron chi connectivity index (χ2n) is 7.29. The zero-order valence-corrected chi connectivity index (χ0v) is 17.8. The molecule has 0 N–H and O–H groups in total. The maximum Gasteiger partial charge on any atom is 0.0719 e. The summed E-state index contributed by atoms with van der Waals surface area (Å²) in [5, 5.41) is 0. The van der Waals surface area contributed by atoms with Crippen LogP contribution in [0.1, 0.15) is 52.5 Å². The van der Waals surface area contributed by atoms with Crippen molar-refractivity contribution < 1.29 is 3.89 Å². The van der Waals surface area contributed by atoms with Crippen molar-refractivity contribution in [3.63, 3.8) is 0 Å². The van der Waals surface area contributed by atoms with E-state index in [4.69, 9.17) is 0 Å². The summed E-state index contributed by atoms with van der Waals surface area (Å²) in [6, 6.07) is 10.4. The van der Waals surface area contributed by atoms with Crippen LogP contribution in [-0.2, 0) is 0 Å². The Kier molecular flexibility index (Phi) is 7.91. The Morgan fingerprint density at radius 3 is 2.56 bits per heavy atom. The van der Waals surface area contributed by atoms with Crippen molar-refractivity contribution in [3.8, 4) is 0 Å². The number of hydrogen-bond acceptors (Lipinski definition) is 1. The molecule has 2 rings (SSSR count). The van der Waals surface area contributed by atoms with Crippen LogP contribution in [0, 0.1) is 5.92 Å². The van der Waals surface area contributed by atoms with E-state index in [1.54, 1.807) is 0 Å². The normalized spacial score (nSPS) is 20.2. The van der Waals surface area contributed by atoms with Crippen LogP contribution in [0.2, 0.25) is 0 Å². The molecular weight excluding hydrogens is 351 g/mol. The highest BCUT2D eigenvalue weighted by molar-refractivity contribution is 7.95. The fourth-order valence-corrected chi connectivity index (χ4v) is 4.30. The van der Waals surface area contributed by atoms with Crippen LogP contribution in [0.4, 0.5) is 3.89 Å². The Hall–Kier alpha value is -1.80. The van der Waals surface area contributed by atoms with Crippen molar-refractivity contribution in [2.24, 2.45) is 5.92 Å². The molecule has 144 valence electrons. The van der Waals surface area contributed by atoms with Crippen LogP contribution < -0.4 is 0 Å². The fraction of sp³-hybridized carbons (Fsp3) is 0.360. The Morgan fingerprint density at radius 1 is 1.30 bits per heavy atom. The van der Waals surface area contributed by atoms with E-state index in [0.717, 1.165) is 24.8 Å². The Bertz CT molecular complexity index is 761. The Morgan fingerprint density at radius 2 is 2.00 bits per heavy atom. The molecule has 0 saturated carbocycles. The summed E-state index contributed by atoms with van der Waals surface area (Å²) < 4.78 is 13.7. The maximum atomic E-state index is 14.2. The van der Waals surface area contributed by atoms with Crippen LogP contribution in [0.3, 0.4) is 0 Å². The molecule has 1 aliphatic carbocycles. The second kappa shape index (κ2) is 9.94. The molecule has 0 saturated heterocycles. The van der Waals surface area contributed by atoms with E-state index in [-0.39, 0.29) is 5.92 Å². The highest BCUT2D eigenvalue weighted by Crippen LogP contribution is 2.47. The van der Waals surface area contributed by atoms with Gasteiger partial charge in [-0.15, -0.1) is 0 Å². The van der Waals surface area contributed by atoms with E-state index in [2.05, 4.69) is 62.9 Å². The molecule has 0 heterocycles. The molecule has 0 amide bonds. The lowest BCUT2D eigenvalue weighted by Gasteiger charge is -2.37. The quantitative estimate of drug-likeness (QED) is 0.322. The van der Waals surface area contributed by atoms with Crippen molar-refractivity contribution in [2.45, 2.75) is 51.7 Å². The van der Waals surface area contributed by atoms with E-state index in [1.807, 2.05) is 32.1 Å². The third-order valence-corrected chi connectivity index (χ3v) is 6.52. The van der Waals surface area contributed by atoms with Crippen molar-refractivity contribution in [3.05, 3.63) is 89.6 Å². The van der Waals surface area contributed by atoms with Gasteiger partial charge in [0.25, 0.3) is 0 Å². The zero-order valence-electron chi connectivity index (χ0n) is 17.0. The highest BCUT2D eigenvalue weighted by Gasteiger charge is 2.39. The lowest BCUT2D eigenvalue weighted by Crippen LogP contribution is -2.33. The highest BCUT2D eigenvalue weighted by atomic mass is 32.2. The molecular formula is C25H31FS. The van der Waals surface area contributed by atoms with Gasteiger partial charge >= 0.3 is 0 Å². The van der Waals surface area contributed by atoms with E-state index >= 15 is 0 Å². The molecule has 2 atom stereocenters. The summed E-state index contributed by atoms with van der Waals surface area (Å²) in [5.41, 5.74) is 6.03. The summed E-state index contributed by atoms with van der Waals surface area (Å²) in [4.78, 5) is 0. The molecule has 1 aromatic rings. The minimum Gasteiger partial charge on any atom is -0.164 e. The first-order valence-corrected chi connectivity index (χ1v) is 10.4. The summed E-state index contributed by atoms with van der Waals surface area (Å²) >= 11 is 0.495. The van der Waals surface area contributed by atoms with Crippen molar-refractivity contribution in [2.75, 3.05) is 0 Å². The van der Waals surface area contributed by atoms with Gasteiger partial charge in [-0.05, 0) is 51.2 Å². The summed E-state index contributed by atoms with van der Waals surface area (Å²) in [6.07, 6.45) is 13.2. The molecule has 2 heteroatoms. The molecule has 2 unspecified atom stereocenters. The molecule has 0 aliphatic heterocycles. The van der Waals surface area contributed by atoms with Gasteiger partial charge in [-0.1, -0.05) is 90.9 Å². The minimum absolute atomic E-state index is 0.148. The number of allylic oxidation sites excluding steroid dienone is 8. The number of hydrogen-bond donors (Lipinski definition) is 0. The molecule has 0 radical (unpaired) electrons. The van der Waals surface area contributed by atoms with Crippen LogP contribution in [0.5, 0.6) is 0 Å². The molecule has 27 heavy (non-hydrogen) atoms. The van der Waals surface area contributed by atoms with Crippen LogP contribution in [-0.4, -0.2) is 4.75 Å². The summed E-state index contributed by atoms with van der Waals surface area (Å²) in [5.74, 6) is 0.148. The monoisotopic (exact) mass is 382 g/mol. The number of halogens is 1. The lowest BCUT2D eigenvalue weighted by molar-refractivity contribution is 0.469. The van der Waals surface area contributed by atoms with Gasteiger partial charge in [-0.2, -0.15) is 3.89 Å². The van der Waals surface area contributed by atoms with Gasteiger partial charge in [0.15, 0.2) is 0 Å². The van der Waals surface area contributed by atoms with Gasteiger partial charge in [0.05, 0.1) is 16.9 Å². The second-order valence-corrected chi connectivity index (χ2v) is 8.20. The largest absolute Gasteiger partial charge is 0.164 e. The van der Waals surface area contributed by atoms with E-state index in [9.17, 15) is 3.89 Å². The minimum atomic E-state index is -0.510. The number of rotatable bonds is 8. The van der Waals surface area contributed by atoms with E-state index < -0.39 is 4.75 Å². The van der Waals surface area contributed by atoms with Gasteiger partial charge in [-0.3, -0.25) is 0 Å². The van der Waals surface area contributed by atoms with Crippen molar-refractivity contribution in [1.29, 1.82) is 0 Å². The third-order valence-electron chi connectivity index (χ3n) is 5.52. The van der Waals surface area contributed by atoms with E-state index in [0.29, 0.717) is 12.1 Å². The summed E-state index contributed by atoms with van der Waals surface area (Å²) in [7, 11) is 0. The SMILES string of the molecule is C=C(C)/C(C)=C\CC1=CC(c2ccccc2)=CCC1C(C=CC)(CC)SF. The first-order chi connectivity index (χ1) is 13.0. The Balaban J connectivity index is 2.46. The standard InChI is InChI=1S/C25H31FS/c1-6-17-25(7-2,27-26)24-16-15-22(21-11-9-8-10-12-21)18-23(24)14-13-20(5)19(3)4/h6,8-13,15,17-18,24H,3,7,14,16H2,1-2,4-5H3/b17-6?,20-13-. The molecule has 0 aromatic heterocycles. The third kappa shape index (κ3) is 5.13. The smallest absolute Gasteiger partial charge is 0.0719 e. The molecule has 1 aromatic carbocycles. The van der Waals surface area contributed by atoms with Crippen molar-refractivity contribution >= 4 is 17.7 Å². The first-order valence-electron chi connectivity index (χ1n) is 9.69. The van der Waals surface area contributed by atoms with Crippen molar-refractivity contribution in [1.82, 2.24) is 0 Å². The van der Waals surface area contributed by atoms with Gasteiger partial charge in [0, 0.05) is 5.92 Å². The van der Waals surface area contributed by atoms with Gasteiger partial charge in [0.2, 0.25) is 0 Å². The molecule has 0 spiro atoms. The summed E-state index contributed by atoms with van der Waals surface area (Å²) in [6.45, 7) is 12.2. The topological polar surface area (TPSA) is 0 Å². The predicted molar refractivity (Wildman–Crippen MR) is 120 cm³/mol. The predicted octanol–water partition coefficient (Wildman–Crippen LogP) is 8.27. The van der Waals surface area contributed by atoms with Gasteiger partial charge < -0.3 is 0 Å². The molecule has 0 fully saturated rings. The van der Waals surface area contributed by atoms with Gasteiger partial charge in [-0.25, -0.2) is 0 Å². The van der Waals surface area contributed by atoms with Gasteiger partial charge in [0.1, 0.15) is 0 Å². The average Bonchev–Trinajstić information content (AvgIpc) is 2.70. The first kappa shape index (κ1) is 21.5. The van der Waals surface area contributed by atoms with Crippen LogP contribution >= 0.6 is 12.1 Å². The van der Waals surface area contributed by atoms with Crippen LogP contribution in [0.25, 0.3) is 5.57 Å². The lowest BCUT2D eigenvalue weighted by atomic mass is 9.75. The van der Waals surface area contributed by atoms with Crippen LogP contribution in [0.15, 0.2) is 84.0 Å².